The van der Waals surface area contributed by atoms with Gasteiger partial charge < -0.3 is 10.1 Å². The van der Waals surface area contributed by atoms with Crippen molar-refractivity contribution in [3.8, 4) is 0 Å². The molecule has 164 valence electrons. The number of rotatable bonds is 7. The molecule has 0 unspecified atom stereocenters. The molecule has 2 aliphatic rings. The van der Waals surface area contributed by atoms with Gasteiger partial charge in [-0.1, -0.05) is 13.0 Å². The zero-order valence-electron chi connectivity index (χ0n) is 16.2. The fourth-order valence-electron chi connectivity index (χ4n) is 3.31. The number of hydrogen-bond donors (Lipinski definition) is 3. The smallest absolute Gasteiger partial charge is 0.344 e. The molecule has 1 aliphatic heterocycles. The molecule has 2 fully saturated rings. The molecule has 4 amide bonds. The lowest BCUT2D eigenvalue weighted by molar-refractivity contribution is -0.149. The van der Waals surface area contributed by atoms with Gasteiger partial charge in [-0.3, -0.25) is 19.8 Å². The fraction of sp³-hybridized carbons (Fsp3) is 0.529. The third kappa shape index (κ3) is 4.79. The van der Waals surface area contributed by atoms with Crippen LogP contribution in [-0.4, -0.2) is 55.9 Å². The van der Waals surface area contributed by atoms with Crippen LogP contribution in [0.4, 0.5) is 4.79 Å². The van der Waals surface area contributed by atoms with Crippen LogP contribution in [0.5, 0.6) is 0 Å². The molecular weight excluding hydrogens is 436 g/mol. The Labute approximate surface area is 177 Å². The molecule has 0 radical (unpaired) electrons. The molecule has 1 aromatic heterocycles. The van der Waals surface area contributed by atoms with Crippen LogP contribution in [0.25, 0.3) is 0 Å². The molecule has 1 aliphatic carbocycles. The number of amides is 4. The number of nitrogens with one attached hydrogen (secondary N) is 3. The van der Waals surface area contributed by atoms with Crippen molar-refractivity contribution < 1.29 is 32.3 Å². The molecular formula is C17H22N4O7S2. The van der Waals surface area contributed by atoms with Crippen molar-refractivity contribution in [1.29, 1.82) is 0 Å². The molecule has 13 heteroatoms. The number of carbonyl (C=O) groups is 4. The van der Waals surface area contributed by atoms with E-state index in [2.05, 4.69) is 22.4 Å². The lowest BCUT2D eigenvalue weighted by Gasteiger charge is -2.33. The monoisotopic (exact) mass is 458 g/mol. The van der Waals surface area contributed by atoms with E-state index in [0.29, 0.717) is 23.8 Å². The average molecular weight is 459 g/mol. The van der Waals surface area contributed by atoms with Crippen LogP contribution in [0, 0.1) is 5.92 Å². The predicted octanol–water partition coefficient (Wildman–Crippen LogP) is 0.102. The molecule has 0 atom stereocenters. The van der Waals surface area contributed by atoms with Gasteiger partial charge in [-0.2, -0.15) is 9.73 Å². The second-order valence-corrected chi connectivity index (χ2v) is 10.2. The maximum Gasteiger partial charge on any atom is 0.344 e. The third-order valence-corrected chi connectivity index (χ3v) is 7.86. The number of imide groups is 1. The fourth-order valence-corrected chi connectivity index (χ4v) is 5.32. The number of hydrogen-bond acceptors (Lipinski definition) is 8. The topological polar surface area (TPSA) is 151 Å². The normalized spacial score (nSPS) is 24.0. The number of thiophene rings is 1. The van der Waals surface area contributed by atoms with Crippen LogP contribution in [0.3, 0.4) is 0 Å². The summed E-state index contributed by atoms with van der Waals surface area (Å²) in [6, 6.07) is 2.19. The van der Waals surface area contributed by atoms with Crippen molar-refractivity contribution in [2.75, 3.05) is 13.2 Å². The molecule has 30 heavy (non-hydrogen) atoms. The van der Waals surface area contributed by atoms with Gasteiger partial charge in [-0.05, 0) is 43.0 Å². The van der Waals surface area contributed by atoms with E-state index < -0.39 is 52.5 Å². The molecule has 1 saturated carbocycles. The van der Waals surface area contributed by atoms with Crippen molar-refractivity contribution >= 4 is 45.2 Å². The first-order valence-corrected chi connectivity index (χ1v) is 11.6. The van der Waals surface area contributed by atoms with Gasteiger partial charge in [0.15, 0.2) is 6.61 Å². The van der Waals surface area contributed by atoms with Crippen molar-refractivity contribution in [2.45, 2.75) is 42.4 Å². The van der Waals surface area contributed by atoms with Crippen LogP contribution >= 0.6 is 11.3 Å². The summed E-state index contributed by atoms with van der Waals surface area (Å²) in [6.45, 7) is 0.626. The van der Waals surface area contributed by atoms with E-state index in [-0.39, 0.29) is 4.21 Å². The third-order valence-electron chi connectivity index (χ3n) is 5.06. The van der Waals surface area contributed by atoms with Crippen molar-refractivity contribution in [2.24, 2.45) is 5.92 Å². The summed E-state index contributed by atoms with van der Waals surface area (Å²) in [4.78, 5) is 48.5. The van der Waals surface area contributed by atoms with E-state index in [4.69, 9.17) is 4.74 Å². The van der Waals surface area contributed by atoms with E-state index >= 15 is 0 Å². The minimum absolute atomic E-state index is 0.0395. The standard InChI is InChI=1S/C17H22N4O7S2/c1-11-4-6-17(7-5-11)15(24)21(16(25)19-17)20-12(22)10-28-13(23)9-18-30(26,27)14-3-2-8-29-14/h2-3,8,11,18H,4-7,9-10H2,1H3,(H,19,25)(H,20,22). The first-order valence-electron chi connectivity index (χ1n) is 9.28. The minimum Gasteiger partial charge on any atom is -0.455 e. The van der Waals surface area contributed by atoms with Crippen molar-refractivity contribution in [3.05, 3.63) is 17.5 Å². The highest BCUT2D eigenvalue weighted by molar-refractivity contribution is 7.91. The first kappa shape index (κ1) is 22.2. The lowest BCUT2D eigenvalue weighted by atomic mass is 9.77. The molecule has 0 bridgehead atoms. The molecule has 1 spiro atoms. The van der Waals surface area contributed by atoms with Crippen LogP contribution in [0.1, 0.15) is 32.6 Å². The number of sulfonamides is 1. The lowest BCUT2D eigenvalue weighted by Crippen LogP contribution is -2.52. The number of hydrazine groups is 1. The SMILES string of the molecule is CC1CCC2(CC1)NC(=O)N(NC(=O)COC(=O)CNS(=O)(=O)c1cccs1)C2=O. The summed E-state index contributed by atoms with van der Waals surface area (Å²) in [5.74, 6) is -1.96. The van der Waals surface area contributed by atoms with Gasteiger partial charge >= 0.3 is 12.0 Å². The summed E-state index contributed by atoms with van der Waals surface area (Å²) in [6.07, 6.45) is 2.55. The van der Waals surface area contributed by atoms with Gasteiger partial charge in [0, 0.05) is 0 Å². The van der Waals surface area contributed by atoms with Gasteiger partial charge in [0.1, 0.15) is 16.3 Å². The number of ether oxygens (including phenoxy) is 1. The van der Waals surface area contributed by atoms with Crippen molar-refractivity contribution in [1.82, 2.24) is 20.5 Å². The number of carbonyl (C=O) groups excluding carboxylic acids is 4. The Kier molecular flexibility index (Phi) is 6.43. The predicted molar refractivity (Wildman–Crippen MR) is 104 cm³/mol. The summed E-state index contributed by atoms with van der Waals surface area (Å²) >= 11 is 0.985. The van der Waals surface area contributed by atoms with Gasteiger partial charge in [0.25, 0.3) is 21.8 Å². The quantitative estimate of drug-likeness (QED) is 0.387. The van der Waals surface area contributed by atoms with Gasteiger partial charge in [-0.15, -0.1) is 11.3 Å². The minimum atomic E-state index is -3.84. The van der Waals surface area contributed by atoms with Crippen LogP contribution < -0.4 is 15.5 Å². The summed E-state index contributed by atoms with van der Waals surface area (Å²) < 4.78 is 30.7. The van der Waals surface area contributed by atoms with Crippen LogP contribution in [0.2, 0.25) is 0 Å². The summed E-state index contributed by atoms with van der Waals surface area (Å²) in [5.41, 5.74) is 1.12. The molecule has 1 aromatic rings. The highest BCUT2D eigenvalue weighted by Crippen LogP contribution is 2.35. The summed E-state index contributed by atoms with van der Waals surface area (Å²) in [5, 5.41) is 4.83. The average Bonchev–Trinajstić information content (AvgIpc) is 3.32. The molecule has 1 saturated heterocycles. The van der Waals surface area contributed by atoms with E-state index in [1.165, 1.54) is 6.07 Å². The largest absolute Gasteiger partial charge is 0.455 e. The zero-order valence-corrected chi connectivity index (χ0v) is 17.8. The highest BCUT2D eigenvalue weighted by Gasteiger charge is 2.52. The Balaban J connectivity index is 1.46. The van der Waals surface area contributed by atoms with Gasteiger partial charge in [0.2, 0.25) is 0 Å². The van der Waals surface area contributed by atoms with E-state index in [1.54, 1.807) is 11.4 Å². The Morgan fingerprint density at radius 2 is 2.03 bits per heavy atom. The van der Waals surface area contributed by atoms with E-state index in [1.807, 2.05) is 0 Å². The highest BCUT2D eigenvalue weighted by atomic mass is 32.2. The molecule has 2 heterocycles. The van der Waals surface area contributed by atoms with Gasteiger partial charge in [0.05, 0.1) is 0 Å². The van der Waals surface area contributed by atoms with Crippen LogP contribution in [-0.2, 0) is 29.1 Å². The number of urea groups is 1. The van der Waals surface area contributed by atoms with Crippen LogP contribution in [0.15, 0.2) is 21.7 Å². The first-order chi connectivity index (χ1) is 14.1. The molecule has 0 aromatic carbocycles. The Hall–Kier alpha value is -2.51. The zero-order chi connectivity index (χ0) is 21.9. The van der Waals surface area contributed by atoms with Gasteiger partial charge in [-0.25, -0.2) is 13.2 Å². The Morgan fingerprint density at radius 3 is 2.67 bits per heavy atom. The maximum absolute atomic E-state index is 12.6. The Bertz CT molecular complexity index is 937. The van der Waals surface area contributed by atoms with E-state index in [0.717, 1.165) is 24.2 Å². The van der Waals surface area contributed by atoms with E-state index in [9.17, 15) is 27.6 Å². The second kappa shape index (κ2) is 8.70. The molecule has 3 rings (SSSR count). The Morgan fingerprint density at radius 1 is 1.33 bits per heavy atom. The molecule has 3 N–H and O–H groups in total. The summed E-state index contributed by atoms with van der Waals surface area (Å²) in [7, 11) is -3.84. The number of esters is 1. The van der Waals surface area contributed by atoms with Crippen molar-refractivity contribution in [3.63, 3.8) is 0 Å². The molecule has 11 nitrogen and oxygen atoms in total. The second-order valence-electron chi connectivity index (χ2n) is 7.29. The number of nitrogens with zero attached hydrogens (tertiary/aromatic N) is 1. The maximum atomic E-state index is 12.6.